The molecule has 1 fully saturated rings. The van der Waals surface area contributed by atoms with Crippen LogP contribution in [0.2, 0.25) is 0 Å². The third kappa shape index (κ3) is 4.07. The van der Waals surface area contributed by atoms with Crippen LogP contribution in [-0.2, 0) is 0 Å². The van der Waals surface area contributed by atoms with Gasteiger partial charge in [-0.25, -0.2) is 0 Å². The van der Waals surface area contributed by atoms with E-state index in [2.05, 4.69) is 12.1 Å². The summed E-state index contributed by atoms with van der Waals surface area (Å²) in [7, 11) is 4.83. The van der Waals surface area contributed by atoms with Gasteiger partial charge in [0.05, 0.1) is 21.3 Å². The highest BCUT2D eigenvalue weighted by Crippen LogP contribution is 2.35. The van der Waals surface area contributed by atoms with Crippen molar-refractivity contribution >= 4 is 17.7 Å². The topological polar surface area (TPSA) is 48.0 Å². The van der Waals surface area contributed by atoms with Crippen LogP contribution in [0.1, 0.15) is 21.2 Å². The van der Waals surface area contributed by atoms with Gasteiger partial charge in [0.15, 0.2) is 0 Å². The minimum Gasteiger partial charge on any atom is -0.497 e. The van der Waals surface area contributed by atoms with Crippen molar-refractivity contribution in [3.05, 3.63) is 53.6 Å². The molecule has 1 unspecified atom stereocenters. The van der Waals surface area contributed by atoms with Gasteiger partial charge in [-0.05, 0) is 29.8 Å². The average Bonchev–Trinajstić information content (AvgIpc) is 2.72. The van der Waals surface area contributed by atoms with Gasteiger partial charge in [0.1, 0.15) is 17.2 Å². The number of carbonyl (C=O) groups excluding carboxylic acids is 1. The number of hydrogen-bond acceptors (Lipinski definition) is 5. The summed E-state index contributed by atoms with van der Waals surface area (Å²) in [4.78, 5) is 14.9. The number of thioether (sulfide) groups is 1. The third-order valence-electron chi connectivity index (χ3n) is 4.44. The number of ether oxygens (including phenoxy) is 3. The van der Waals surface area contributed by atoms with Crippen molar-refractivity contribution in [2.45, 2.75) is 5.25 Å². The standard InChI is InChI=1S/C20H23NO4S/c1-23-16-6-4-14(5-7-16)19-13-21(8-9-26-19)20(22)15-10-17(24-2)12-18(11-15)25-3/h4-7,10-12,19H,8-9,13H2,1-3H3. The van der Waals surface area contributed by atoms with E-state index in [9.17, 15) is 4.79 Å². The smallest absolute Gasteiger partial charge is 0.254 e. The fourth-order valence-electron chi connectivity index (χ4n) is 2.97. The Morgan fingerprint density at radius 1 is 0.962 bits per heavy atom. The summed E-state index contributed by atoms with van der Waals surface area (Å²) in [5.74, 6) is 2.98. The molecular formula is C20H23NO4S. The predicted octanol–water partition coefficient (Wildman–Crippen LogP) is 3.64. The molecule has 2 aromatic rings. The number of benzene rings is 2. The van der Waals surface area contributed by atoms with E-state index in [1.807, 2.05) is 28.8 Å². The van der Waals surface area contributed by atoms with E-state index in [4.69, 9.17) is 14.2 Å². The van der Waals surface area contributed by atoms with Gasteiger partial charge in [-0.15, -0.1) is 0 Å². The average molecular weight is 373 g/mol. The summed E-state index contributed by atoms with van der Waals surface area (Å²) in [6.45, 7) is 1.41. The molecule has 1 saturated heterocycles. The highest BCUT2D eigenvalue weighted by Gasteiger charge is 2.26. The Morgan fingerprint density at radius 2 is 1.58 bits per heavy atom. The third-order valence-corrected chi connectivity index (χ3v) is 5.68. The van der Waals surface area contributed by atoms with Crippen LogP contribution >= 0.6 is 11.8 Å². The molecule has 2 aromatic carbocycles. The normalized spacial score (nSPS) is 16.9. The summed E-state index contributed by atoms with van der Waals surface area (Å²) < 4.78 is 15.8. The van der Waals surface area contributed by atoms with Gasteiger partial charge < -0.3 is 19.1 Å². The van der Waals surface area contributed by atoms with Crippen molar-refractivity contribution in [2.75, 3.05) is 40.2 Å². The summed E-state index contributed by atoms with van der Waals surface area (Å²) in [5.41, 5.74) is 1.79. The first-order valence-corrected chi connectivity index (χ1v) is 9.47. The first-order chi connectivity index (χ1) is 12.6. The number of nitrogens with zero attached hydrogens (tertiary/aromatic N) is 1. The van der Waals surface area contributed by atoms with Crippen LogP contribution in [0.3, 0.4) is 0 Å². The SMILES string of the molecule is COc1ccc(C2CN(C(=O)c3cc(OC)cc(OC)c3)CCS2)cc1. The maximum absolute atomic E-state index is 13.0. The minimum absolute atomic E-state index is 0.000937. The summed E-state index contributed by atoms with van der Waals surface area (Å²) in [6.07, 6.45) is 0. The van der Waals surface area contributed by atoms with Crippen molar-refractivity contribution in [1.29, 1.82) is 0 Å². The Labute approximate surface area is 158 Å². The van der Waals surface area contributed by atoms with Crippen LogP contribution in [-0.4, -0.2) is 51.0 Å². The van der Waals surface area contributed by atoms with Crippen LogP contribution in [0.25, 0.3) is 0 Å². The van der Waals surface area contributed by atoms with E-state index in [-0.39, 0.29) is 11.2 Å². The Hall–Kier alpha value is -2.34. The lowest BCUT2D eigenvalue weighted by molar-refractivity contribution is 0.0760. The summed E-state index contributed by atoms with van der Waals surface area (Å²) in [6, 6.07) is 13.3. The summed E-state index contributed by atoms with van der Waals surface area (Å²) in [5, 5.41) is 0.256. The molecule has 1 aliphatic heterocycles. The molecule has 0 aliphatic carbocycles. The number of carbonyl (C=O) groups is 1. The van der Waals surface area contributed by atoms with Gasteiger partial charge in [-0.2, -0.15) is 11.8 Å². The fraction of sp³-hybridized carbons (Fsp3) is 0.350. The molecule has 0 bridgehead atoms. The second kappa shape index (κ2) is 8.36. The molecule has 1 aliphatic rings. The number of rotatable bonds is 5. The van der Waals surface area contributed by atoms with Crippen LogP contribution in [0.15, 0.2) is 42.5 Å². The second-order valence-corrected chi connectivity index (χ2v) is 7.30. The summed E-state index contributed by atoms with van der Waals surface area (Å²) >= 11 is 1.88. The molecule has 0 aromatic heterocycles. The minimum atomic E-state index is 0.000937. The lowest BCUT2D eigenvalue weighted by Crippen LogP contribution is -2.39. The maximum atomic E-state index is 13.0. The highest BCUT2D eigenvalue weighted by atomic mass is 32.2. The van der Waals surface area contributed by atoms with Gasteiger partial charge in [-0.1, -0.05) is 12.1 Å². The molecule has 0 saturated carbocycles. The number of amides is 1. The lowest BCUT2D eigenvalue weighted by Gasteiger charge is -2.33. The zero-order chi connectivity index (χ0) is 18.5. The van der Waals surface area contributed by atoms with E-state index < -0.39 is 0 Å². The quantitative estimate of drug-likeness (QED) is 0.801. The molecule has 6 heteroatoms. The van der Waals surface area contributed by atoms with Crippen LogP contribution < -0.4 is 14.2 Å². The molecule has 0 radical (unpaired) electrons. The van der Waals surface area contributed by atoms with Gasteiger partial charge in [0, 0.05) is 35.7 Å². The first-order valence-electron chi connectivity index (χ1n) is 8.42. The highest BCUT2D eigenvalue weighted by molar-refractivity contribution is 7.99. The van der Waals surface area contributed by atoms with Crippen molar-refractivity contribution < 1.29 is 19.0 Å². The fourth-order valence-corrected chi connectivity index (χ4v) is 4.21. The van der Waals surface area contributed by atoms with Gasteiger partial charge in [0.25, 0.3) is 5.91 Å². The Bertz CT molecular complexity index is 741. The van der Waals surface area contributed by atoms with Gasteiger partial charge in [0.2, 0.25) is 0 Å². The van der Waals surface area contributed by atoms with E-state index in [0.717, 1.165) is 18.0 Å². The van der Waals surface area contributed by atoms with Crippen molar-refractivity contribution in [2.24, 2.45) is 0 Å². The van der Waals surface area contributed by atoms with Crippen LogP contribution in [0.5, 0.6) is 17.2 Å². The number of hydrogen-bond donors (Lipinski definition) is 0. The van der Waals surface area contributed by atoms with Crippen LogP contribution in [0, 0.1) is 0 Å². The lowest BCUT2D eigenvalue weighted by atomic mass is 10.1. The largest absolute Gasteiger partial charge is 0.497 e. The number of methoxy groups -OCH3 is 3. The van der Waals surface area contributed by atoms with Crippen molar-refractivity contribution in [3.63, 3.8) is 0 Å². The van der Waals surface area contributed by atoms with Gasteiger partial charge >= 0.3 is 0 Å². The predicted molar refractivity (Wildman–Crippen MR) is 104 cm³/mol. The van der Waals surface area contributed by atoms with E-state index >= 15 is 0 Å². The molecule has 138 valence electrons. The zero-order valence-corrected chi connectivity index (χ0v) is 16.0. The van der Waals surface area contributed by atoms with E-state index in [1.165, 1.54) is 5.56 Å². The van der Waals surface area contributed by atoms with Crippen LogP contribution in [0.4, 0.5) is 0 Å². The second-order valence-electron chi connectivity index (χ2n) is 5.99. The zero-order valence-electron chi connectivity index (χ0n) is 15.2. The Balaban J connectivity index is 1.77. The van der Waals surface area contributed by atoms with E-state index in [1.54, 1.807) is 39.5 Å². The Kier molecular flexibility index (Phi) is 5.93. The molecule has 5 nitrogen and oxygen atoms in total. The first kappa shape index (κ1) is 18.5. The molecule has 0 N–H and O–H groups in total. The molecule has 3 rings (SSSR count). The molecule has 1 amide bonds. The van der Waals surface area contributed by atoms with E-state index in [0.29, 0.717) is 23.6 Å². The maximum Gasteiger partial charge on any atom is 0.254 e. The molecule has 0 spiro atoms. The molecule has 1 heterocycles. The van der Waals surface area contributed by atoms with Crippen molar-refractivity contribution in [3.8, 4) is 17.2 Å². The van der Waals surface area contributed by atoms with Crippen molar-refractivity contribution in [1.82, 2.24) is 4.90 Å². The molecule has 1 atom stereocenters. The van der Waals surface area contributed by atoms with Gasteiger partial charge in [-0.3, -0.25) is 4.79 Å². The molecule has 26 heavy (non-hydrogen) atoms. The Morgan fingerprint density at radius 3 is 2.15 bits per heavy atom. The monoisotopic (exact) mass is 373 g/mol. The molecular weight excluding hydrogens is 350 g/mol.